The fraction of sp³-hybridized carbons (Fsp3) is 0.333. The number of rotatable bonds is 4. The minimum atomic E-state index is -0.338. The molecule has 0 unspecified atom stereocenters. The fourth-order valence-electron chi connectivity index (χ4n) is 2.60. The summed E-state index contributed by atoms with van der Waals surface area (Å²) >= 11 is 0. The molecule has 0 saturated heterocycles. The molecule has 2 aromatic rings. The number of hydrogen-bond acceptors (Lipinski definition) is 2. The predicted molar refractivity (Wildman–Crippen MR) is 73.2 cm³/mol. The van der Waals surface area contributed by atoms with Gasteiger partial charge in [0.1, 0.15) is 0 Å². The van der Waals surface area contributed by atoms with E-state index in [1.165, 1.54) is 18.1 Å². The van der Waals surface area contributed by atoms with E-state index < -0.39 is 0 Å². The van der Waals surface area contributed by atoms with Gasteiger partial charge in [-0.1, -0.05) is 30.3 Å². The van der Waals surface area contributed by atoms with Crippen molar-refractivity contribution >= 4 is 0 Å². The Morgan fingerprint density at radius 1 is 1.16 bits per heavy atom. The molecule has 0 spiro atoms. The number of nitrogens with zero attached hydrogens (tertiary/aromatic N) is 1. The van der Waals surface area contributed by atoms with Gasteiger partial charge in [-0.05, 0) is 30.2 Å². The van der Waals surface area contributed by atoms with Crippen LogP contribution >= 0.6 is 0 Å². The molecule has 1 aromatic heterocycles. The number of nitrogens with one attached hydrogen (secondary N) is 1. The molecule has 2 atom stereocenters. The molecule has 1 aliphatic rings. The molecular weight excluding hydrogens is 240 g/mol. The monoisotopic (exact) mass is 256 g/mol. The average molecular weight is 256 g/mol. The SMILES string of the molecule is O=c1ccn(CC[C@@H]2C[C@@H]2c2ccccc2)c(=O)[nH]1. The lowest BCUT2D eigenvalue weighted by molar-refractivity contribution is 0.561. The van der Waals surface area contributed by atoms with Crippen LogP contribution in [0.3, 0.4) is 0 Å². The molecule has 4 nitrogen and oxygen atoms in total. The van der Waals surface area contributed by atoms with Crippen molar-refractivity contribution in [1.82, 2.24) is 9.55 Å². The number of benzene rings is 1. The first-order valence-electron chi connectivity index (χ1n) is 6.59. The third kappa shape index (κ3) is 2.67. The van der Waals surface area contributed by atoms with Gasteiger partial charge in [-0.25, -0.2) is 4.79 Å². The summed E-state index contributed by atoms with van der Waals surface area (Å²) in [5.74, 6) is 1.29. The second-order valence-corrected chi connectivity index (χ2v) is 5.11. The summed E-state index contributed by atoms with van der Waals surface area (Å²) < 4.78 is 1.57. The molecule has 1 N–H and O–H groups in total. The summed E-state index contributed by atoms with van der Waals surface area (Å²) in [6.07, 6.45) is 3.74. The first kappa shape index (κ1) is 12.0. The fourth-order valence-corrected chi connectivity index (χ4v) is 2.60. The van der Waals surface area contributed by atoms with Crippen LogP contribution in [0.15, 0.2) is 52.2 Å². The Hall–Kier alpha value is -2.10. The Bertz CT molecular complexity index is 672. The van der Waals surface area contributed by atoms with Crippen molar-refractivity contribution in [3.8, 4) is 0 Å². The minimum Gasteiger partial charge on any atom is -0.301 e. The highest BCUT2D eigenvalue weighted by Crippen LogP contribution is 2.49. The predicted octanol–water partition coefficient (Wildman–Crippen LogP) is 1.73. The molecule has 1 saturated carbocycles. The maximum absolute atomic E-state index is 11.5. The molecule has 98 valence electrons. The van der Waals surface area contributed by atoms with E-state index in [4.69, 9.17) is 0 Å². The topological polar surface area (TPSA) is 54.9 Å². The third-order valence-corrected chi connectivity index (χ3v) is 3.79. The highest BCUT2D eigenvalue weighted by atomic mass is 16.2. The van der Waals surface area contributed by atoms with Crippen molar-refractivity contribution in [2.75, 3.05) is 0 Å². The molecular formula is C15H16N2O2. The van der Waals surface area contributed by atoms with E-state index in [-0.39, 0.29) is 11.2 Å². The highest BCUT2D eigenvalue weighted by Gasteiger charge is 2.37. The van der Waals surface area contributed by atoms with Crippen molar-refractivity contribution in [2.24, 2.45) is 5.92 Å². The van der Waals surface area contributed by atoms with Crippen LogP contribution in [0.1, 0.15) is 24.3 Å². The van der Waals surface area contributed by atoms with Crippen LogP contribution in [-0.4, -0.2) is 9.55 Å². The van der Waals surface area contributed by atoms with Crippen LogP contribution < -0.4 is 11.2 Å². The van der Waals surface area contributed by atoms with Crippen molar-refractivity contribution in [1.29, 1.82) is 0 Å². The van der Waals surface area contributed by atoms with E-state index in [9.17, 15) is 9.59 Å². The number of aromatic amines is 1. The normalized spacial score (nSPS) is 21.3. The van der Waals surface area contributed by atoms with Crippen LogP contribution in [0.5, 0.6) is 0 Å². The Balaban J connectivity index is 1.60. The summed E-state index contributed by atoms with van der Waals surface area (Å²) in [6, 6.07) is 11.9. The second-order valence-electron chi connectivity index (χ2n) is 5.11. The molecule has 1 aromatic carbocycles. The molecule has 4 heteroatoms. The summed E-state index contributed by atoms with van der Waals surface area (Å²) in [4.78, 5) is 24.8. The Morgan fingerprint density at radius 3 is 2.68 bits per heavy atom. The van der Waals surface area contributed by atoms with Gasteiger partial charge in [-0.15, -0.1) is 0 Å². The van der Waals surface area contributed by atoms with Crippen LogP contribution in [0.25, 0.3) is 0 Å². The molecule has 1 aliphatic carbocycles. The smallest absolute Gasteiger partial charge is 0.301 e. The Morgan fingerprint density at radius 2 is 1.95 bits per heavy atom. The third-order valence-electron chi connectivity index (χ3n) is 3.79. The van der Waals surface area contributed by atoms with Gasteiger partial charge >= 0.3 is 5.69 Å². The maximum Gasteiger partial charge on any atom is 0.328 e. The molecule has 19 heavy (non-hydrogen) atoms. The zero-order valence-corrected chi connectivity index (χ0v) is 10.6. The van der Waals surface area contributed by atoms with Gasteiger partial charge in [0.05, 0.1) is 0 Å². The number of aryl methyl sites for hydroxylation is 1. The standard InChI is InChI=1S/C15H16N2O2/c18-14-7-9-17(15(19)16-14)8-6-12-10-13(12)11-4-2-1-3-5-11/h1-5,7,9,12-13H,6,8,10H2,(H,16,18,19)/t12-,13-/m1/s1. The van der Waals surface area contributed by atoms with Gasteiger partial charge < -0.3 is 4.57 Å². The molecule has 0 amide bonds. The van der Waals surface area contributed by atoms with Crippen LogP contribution in [0.4, 0.5) is 0 Å². The second kappa shape index (κ2) is 4.88. The van der Waals surface area contributed by atoms with Gasteiger partial charge in [-0.2, -0.15) is 0 Å². The van der Waals surface area contributed by atoms with Crippen LogP contribution in [0.2, 0.25) is 0 Å². The number of hydrogen-bond donors (Lipinski definition) is 1. The summed E-state index contributed by atoms with van der Waals surface area (Å²) in [5, 5.41) is 0. The van der Waals surface area contributed by atoms with E-state index in [1.54, 1.807) is 10.8 Å². The zero-order valence-electron chi connectivity index (χ0n) is 10.6. The first-order valence-corrected chi connectivity index (χ1v) is 6.59. The minimum absolute atomic E-state index is 0.315. The van der Waals surface area contributed by atoms with Gasteiger partial charge in [0.15, 0.2) is 0 Å². The van der Waals surface area contributed by atoms with Crippen LogP contribution in [-0.2, 0) is 6.54 Å². The quantitative estimate of drug-likeness (QED) is 0.905. The maximum atomic E-state index is 11.5. The molecule has 0 aliphatic heterocycles. The van der Waals surface area contributed by atoms with E-state index in [0.29, 0.717) is 18.4 Å². The van der Waals surface area contributed by atoms with E-state index in [0.717, 1.165) is 6.42 Å². The number of H-pyrrole nitrogens is 1. The van der Waals surface area contributed by atoms with Gasteiger partial charge in [0, 0.05) is 18.8 Å². The van der Waals surface area contributed by atoms with E-state index in [1.807, 2.05) is 6.07 Å². The molecule has 0 radical (unpaired) electrons. The van der Waals surface area contributed by atoms with Gasteiger partial charge in [-0.3, -0.25) is 9.78 Å². The summed E-state index contributed by atoms with van der Waals surface area (Å²) in [5.41, 5.74) is 0.737. The zero-order chi connectivity index (χ0) is 13.2. The molecule has 1 heterocycles. The van der Waals surface area contributed by atoms with Gasteiger partial charge in [0.2, 0.25) is 0 Å². The largest absolute Gasteiger partial charge is 0.328 e. The lowest BCUT2D eigenvalue weighted by Gasteiger charge is -2.04. The van der Waals surface area contributed by atoms with Crippen molar-refractivity contribution in [2.45, 2.75) is 25.3 Å². The first-order chi connectivity index (χ1) is 9.24. The summed E-state index contributed by atoms with van der Waals surface area (Å²) in [6.45, 7) is 0.670. The lowest BCUT2D eigenvalue weighted by atomic mass is 10.1. The Kier molecular flexibility index (Phi) is 3.07. The molecule has 3 rings (SSSR count). The van der Waals surface area contributed by atoms with Crippen molar-refractivity contribution < 1.29 is 0 Å². The Labute approximate surface area is 110 Å². The lowest BCUT2D eigenvalue weighted by Crippen LogP contribution is -2.28. The van der Waals surface area contributed by atoms with Crippen molar-refractivity contribution in [3.05, 3.63) is 69.0 Å². The number of aromatic nitrogens is 2. The van der Waals surface area contributed by atoms with E-state index >= 15 is 0 Å². The molecule has 1 fully saturated rings. The highest BCUT2D eigenvalue weighted by molar-refractivity contribution is 5.25. The van der Waals surface area contributed by atoms with E-state index in [2.05, 4.69) is 29.2 Å². The average Bonchev–Trinajstić information content (AvgIpc) is 3.18. The van der Waals surface area contributed by atoms with Gasteiger partial charge in [0.25, 0.3) is 5.56 Å². The summed E-state index contributed by atoms with van der Waals surface area (Å²) in [7, 11) is 0. The van der Waals surface area contributed by atoms with Crippen molar-refractivity contribution in [3.63, 3.8) is 0 Å². The van der Waals surface area contributed by atoms with Crippen LogP contribution in [0, 0.1) is 5.92 Å². The molecule has 0 bridgehead atoms.